The number of hydrogen-bond acceptors (Lipinski definition) is 4. The molecular formula is C26H21Br2NO3. The summed E-state index contributed by atoms with van der Waals surface area (Å²) in [5.41, 5.74) is 4.03. The van der Waals surface area contributed by atoms with Crippen molar-refractivity contribution in [1.82, 2.24) is 0 Å². The van der Waals surface area contributed by atoms with Crippen LogP contribution < -0.4 is 4.74 Å². The Kier molecular flexibility index (Phi) is 7.22. The molecule has 3 aromatic rings. The van der Waals surface area contributed by atoms with Crippen molar-refractivity contribution in [2.24, 2.45) is 4.99 Å². The molecule has 0 N–H and O–H groups in total. The highest BCUT2D eigenvalue weighted by Crippen LogP contribution is 2.36. The lowest BCUT2D eigenvalue weighted by Crippen LogP contribution is -2.05. The second-order valence-electron chi connectivity index (χ2n) is 7.30. The van der Waals surface area contributed by atoms with Gasteiger partial charge in [0.2, 0.25) is 5.90 Å². The molecule has 0 radical (unpaired) electrons. The van der Waals surface area contributed by atoms with Gasteiger partial charge < -0.3 is 9.47 Å². The van der Waals surface area contributed by atoms with E-state index in [2.05, 4.69) is 55.9 Å². The van der Waals surface area contributed by atoms with E-state index in [9.17, 15) is 4.79 Å². The lowest BCUT2D eigenvalue weighted by atomic mass is 10.0. The van der Waals surface area contributed by atoms with Gasteiger partial charge in [0.25, 0.3) is 0 Å². The Morgan fingerprint density at radius 2 is 1.56 bits per heavy atom. The molecule has 4 rings (SSSR count). The van der Waals surface area contributed by atoms with E-state index < -0.39 is 5.97 Å². The van der Waals surface area contributed by atoms with Crippen LogP contribution in [0.3, 0.4) is 0 Å². The van der Waals surface area contributed by atoms with Crippen molar-refractivity contribution in [3.63, 3.8) is 0 Å². The molecule has 0 aromatic heterocycles. The molecule has 0 bridgehead atoms. The number of unbranched alkanes of at least 4 members (excludes halogenated alkanes) is 1. The summed E-state index contributed by atoms with van der Waals surface area (Å²) < 4.78 is 12.9. The van der Waals surface area contributed by atoms with Crippen LogP contribution in [0.2, 0.25) is 0 Å². The third kappa shape index (κ3) is 5.19. The van der Waals surface area contributed by atoms with Crippen LogP contribution in [0.1, 0.15) is 30.9 Å². The molecule has 1 heterocycles. The Bertz CT molecular complexity index is 1160. The van der Waals surface area contributed by atoms with Gasteiger partial charge in [0, 0.05) is 5.56 Å². The number of esters is 1. The maximum absolute atomic E-state index is 12.4. The third-order valence-electron chi connectivity index (χ3n) is 4.93. The van der Waals surface area contributed by atoms with Crippen LogP contribution in [0.5, 0.6) is 5.75 Å². The number of halogens is 2. The second kappa shape index (κ2) is 10.3. The van der Waals surface area contributed by atoms with E-state index >= 15 is 0 Å². The van der Waals surface area contributed by atoms with Crippen LogP contribution in [0.15, 0.2) is 86.4 Å². The number of rotatable bonds is 7. The van der Waals surface area contributed by atoms with Crippen LogP contribution in [0, 0.1) is 0 Å². The van der Waals surface area contributed by atoms with Gasteiger partial charge >= 0.3 is 5.97 Å². The van der Waals surface area contributed by atoms with E-state index in [1.54, 1.807) is 6.08 Å². The van der Waals surface area contributed by atoms with Crippen molar-refractivity contribution in [2.45, 2.75) is 19.8 Å². The fourth-order valence-electron chi connectivity index (χ4n) is 3.25. The maximum atomic E-state index is 12.4. The van der Waals surface area contributed by atoms with Crippen LogP contribution in [-0.2, 0) is 9.53 Å². The monoisotopic (exact) mass is 553 g/mol. The van der Waals surface area contributed by atoms with Crippen LogP contribution in [0.25, 0.3) is 17.2 Å². The van der Waals surface area contributed by atoms with Crippen molar-refractivity contribution < 1.29 is 14.3 Å². The lowest BCUT2D eigenvalue weighted by Gasteiger charge is -2.11. The summed E-state index contributed by atoms with van der Waals surface area (Å²) >= 11 is 7.11. The molecule has 6 heteroatoms. The second-order valence-corrected chi connectivity index (χ2v) is 9.00. The fourth-order valence-corrected chi connectivity index (χ4v) is 4.70. The Balaban J connectivity index is 1.55. The molecule has 0 aliphatic carbocycles. The van der Waals surface area contributed by atoms with Crippen molar-refractivity contribution in [1.29, 1.82) is 0 Å². The van der Waals surface area contributed by atoms with Crippen LogP contribution in [0.4, 0.5) is 0 Å². The normalized spacial score (nSPS) is 14.4. The SMILES string of the molecule is CCCCOc1c(Br)cc(/C=C2\N=C(c3ccc(-c4ccccc4)cc3)OC2=O)cc1Br. The van der Waals surface area contributed by atoms with E-state index in [0.29, 0.717) is 12.5 Å². The van der Waals surface area contributed by atoms with Crippen molar-refractivity contribution in [2.75, 3.05) is 6.61 Å². The van der Waals surface area contributed by atoms with Gasteiger partial charge in [0.05, 0.1) is 15.6 Å². The first-order chi connectivity index (χ1) is 15.5. The quantitative estimate of drug-likeness (QED) is 0.174. The Morgan fingerprint density at radius 3 is 2.22 bits per heavy atom. The number of aliphatic imine (C=N–C) groups is 1. The van der Waals surface area contributed by atoms with E-state index in [4.69, 9.17) is 9.47 Å². The number of benzene rings is 3. The average Bonchev–Trinajstić information content (AvgIpc) is 3.16. The van der Waals surface area contributed by atoms with Gasteiger partial charge in [0.15, 0.2) is 5.70 Å². The molecule has 162 valence electrons. The predicted molar refractivity (Wildman–Crippen MR) is 135 cm³/mol. The average molecular weight is 555 g/mol. The first kappa shape index (κ1) is 22.5. The van der Waals surface area contributed by atoms with Gasteiger partial charge in [-0.1, -0.05) is 55.8 Å². The molecule has 0 atom stereocenters. The Morgan fingerprint density at radius 1 is 0.938 bits per heavy atom. The summed E-state index contributed by atoms with van der Waals surface area (Å²) in [6.45, 7) is 2.77. The third-order valence-corrected chi connectivity index (χ3v) is 6.11. The summed E-state index contributed by atoms with van der Waals surface area (Å²) in [6, 6.07) is 21.7. The fraction of sp³-hybridized carbons (Fsp3) is 0.154. The molecule has 0 saturated heterocycles. The van der Waals surface area contributed by atoms with Gasteiger partial charge in [-0.25, -0.2) is 9.79 Å². The molecule has 0 fully saturated rings. The highest BCUT2D eigenvalue weighted by molar-refractivity contribution is 9.11. The minimum atomic E-state index is -0.470. The van der Waals surface area contributed by atoms with E-state index in [-0.39, 0.29) is 5.70 Å². The Hall–Kier alpha value is -2.70. The minimum Gasteiger partial charge on any atom is -0.491 e. The summed E-state index contributed by atoms with van der Waals surface area (Å²) in [7, 11) is 0. The maximum Gasteiger partial charge on any atom is 0.363 e. The largest absolute Gasteiger partial charge is 0.491 e. The molecule has 0 spiro atoms. The van der Waals surface area contributed by atoms with E-state index in [0.717, 1.165) is 49.8 Å². The van der Waals surface area contributed by atoms with Gasteiger partial charge in [-0.15, -0.1) is 0 Å². The summed E-state index contributed by atoms with van der Waals surface area (Å²) in [5.74, 6) is 0.582. The molecule has 0 unspecified atom stereocenters. The lowest BCUT2D eigenvalue weighted by molar-refractivity contribution is -0.129. The standard InChI is InChI=1S/C26H21Br2NO3/c1-2-3-13-31-24-21(27)14-17(15-22(24)28)16-23-26(30)32-25(29-23)20-11-9-19(10-12-20)18-7-5-4-6-8-18/h4-12,14-16H,2-3,13H2,1H3/b23-16-. The molecule has 1 aliphatic heterocycles. The van der Waals surface area contributed by atoms with Crippen LogP contribution in [-0.4, -0.2) is 18.5 Å². The van der Waals surface area contributed by atoms with E-state index in [1.807, 2.05) is 54.6 Å². The topological polar surface area (TPSA) is 47.9 Å². The number of ether oxygens (including phenoxy) is 2. The molecule has 0 saturated carbocycles. The molecule has 0 amide bonds. The number of carbonyl (C=O) groups excluding carboxylic acids is 1. The number of carbonyl (C=O) groups is 1. The first-order valence-corrected chi connectivity index (χ1v) is 11.9. The van der Waals surface area contributed by atoms with Gasteiger partial charge in [-0.05, 0) is 85.3 Å². The molecule has 3 aromatic carbocycles. The van der Waals surface area contributed by atoms with Crippen molar-refractivity contribution >= 4 is 49.8 Å². The summed E-state index contributed by atoms with van der Waals surface area (Å²) in [4.78, 5) is 16.8. The van der Waals surface area contributed by atoms with Gasteiger partial charge in [-0.3, -0.25) is 0 Å². The van der Waals surface area contributed by atoms with Crippen LogP contribution >= 0.6 is 31.9 Å². The smallest absolute Gasteiger partial charge is 0.363 e. The van der Waals surface area contributed by atoms with Crippen molar-refractivity contribution in [3.8, 4) is 16.9 Å². The predicted octanol–water partition coefficient (Wildman–Crippen LogP) is 7.40. The highest BCUT2D eigenvalue weighted by atomic mass is 79.9. The summed E-state index contributed by atoms with van der Waals surface area (Å²) in [5, 5.41) is 0. The van der Waals surface area contributed by atoms with E-state index in [1.165, 1.54) is 0 Å². The Labute approximate surface area is 204 Å². The zero-order valence-corrected chi connectivity index (χ0v) is 20.6. The summed E-state index contributed by atoms with van der Waals surface area (Å²) in [6.07, 6.45) is 3.76. The first-order valence-electron chi connectivity index (χ1n) is 10.4. The van der Waals surface area contributed by atoms with Gasteiger partial charge in [-0.2, -0.15) is 0 Å². The molecule has 4 nitrogen and oxygen atoms in total. The number of hydrogen-bond donors (Lipinski definition) is 0. The molecule has 32 heavy (non-hydrogen) atoms. The molecule has 1 aliphatic rings. The number of cyclic esters (lactones) is 1. The van der Waals surface area contributed by atoms with Gasteiger partial charge in [0.1, 0.15) is 5.75 Å². The zero-order chi connectivity index (χ0) is 22.5. The molecular weight excluding hydrogens is 534 g/mol. The zero-order valence-electron chi connectivity index (χ0n) is 17.5. The highest BCUT2D eigenvalue weighted by Gasteiger charge is 2.24. The number of nitrogens with zero attached hydrogens (tertiary/aromatic N) is 1. The minimum absolute atomic E-state index is 0.255. The van der Waals surface area contributed by atoms with Crippen molar-refractivity contribution in [3.05, 3.63) is 92.5 Å².